The van der Waals surface area contributed by atoms with E-state index in [1.807, 2.05) is 0 Å². The Morgan fingerprint density at radius 3 is 1.31 bits per heavy atom. The molecule has 0 atom stereocenters. The van der Waals surface area contributed by atoms with Crippen molar-refractivity contribution in [2.45, 2.75) is 194 Å². The van der Waals surface area contributed by atoms with Crippen LogP contribution in [0.25, 0.3) is 11.1 Å². The fourth-order valence-electron chi connectivity index (χ4n) is 14.7. The van der Waals surface area contributed by atoms with Crippen molar-refractivity contribution in [3.63, 3.8) is 0 Å². The minimum absolute atomic E-state index is 0.0126. The molecule has 8 aromatic carbocycles. The Labute approximate surface area is 488 Å². The third kappa shape index (κ3) is 8.96. The predicted molar refractivity (Wildman–Crippen MR) is 351 cm³/mol. The zero-order valence-corrected chi connectivity index (χ0v) is 52.4. The van der Waals surface area contributed by atoms with Crippen molar-refractivity contribution in [2.24, 2.45) is 0 Å². The molecule has 0 saturated heterocycles. The van der Waals surface area contributed by atoms with Crippen molar-refractivity contribution in [3.8, 4) is 11.1 Å². The number of rotatable bonds is 7. The Balaban J connectivity index is 1.22. The maximum absolute atomic E-state index is 2.74. The van der Waals surface area contributed by atoms with E-state index >= 15 is 0 Å². The molecule has 0 spiro atoms. The maximum Gasteiger partial charge on any atom is 0.252 e. The molecule has 0 aromatic heterocycles. The van der Waals surface area contributed by atoms with Crippen molar-refractivity contribution in [3.05, 3.63) is 219 Å². The first-order valence-electron chi connectivity index (χ1n) is 30.5. The minimum atomic E-state index is -0.264. The molecule has 2 heterocycles. The van der Waals surface area contributed by atoms with Gasteiger partial charge in [-0.15, -0.1) is 0 Å². The monoisotopic (exact) mass is 1060 g/mol. The van der Waals surface area contributed by atoms with Crippen LogP contribution in [0.5, 0.6) is 0 Å². The van der Waals surface area contributed by atoms with Gasteiger partial charge in [0.1, 0.15) is 0 Å². The van der Waals surface area contributed by atoms with E-state index in [4.69, 9.17) is 0 Å². The highest BCUT2D eigenvalue weighted by atomic mass is 15.2. The van der Waals surface area contributed by atoms with Gasteiger partial charge in [-0.25, -0.2) is 0 Å². The predicted octanol–water partition coefficient (Wildman–Crippen LogP) is 19.4. The van der Waals surface area contributed by atoms with Crippen LogP contribution in [0.1, 0.15) is 206 Å². The van der Waals surface area contributed by atoms with Gasteiger partial charge in [-0.3, -0.25) is 0 Å². The van der Waals surface area contributed by atoms with Crippen molar-refractivity contribution in [1.29, 1.82) is 0 Å². The van der Waals surface area contributed by atoms with Gasteiger partial charge in [-0.1, -0.05) is 240 Å². The summed E-state index contributed by atoms with van der Waals surface area (Å²) in [4.78, 5) is 5.45. The van der Waals surface area contributed by atoms with Gasteiger partial charge in [-0.05, 0) is 184 Å². The van der Waals surface area contributed by atoms with Crippen molar-refractivity contribution in [2.75, 3.05) is 9.80 Å². The van der Waals surface area contributed by atoms with Crippen LogP contribution in [0, 0.1) is 0 Å². The van der Waals surface area contributed by atoms with E-state index in [1.165, 1.54) is 124 Å². The van der Waals surface area contributed by atoms with Gasteiger partial charge in [0.25, 0.3) is 6.71 Å². The molecule has 2 nitrogen and oxygen atoms in total. The quantitative estimate of drug-likeness (QED) is 0.147. The second kappa shape index (κ2) is 18.5. The van der Waals surface area contributed by atoms with E-state index in [9.17, 15) is 0 Å². The van der Waals surface area contributed by atoms with Crippen molar-refractivity contribution in [1.82, 2.24) is 0 Å². The largest absolute Gasteiger partial charge is 0.311 e. The first-order valence-corrected chi connectivity index (χ1v) is 30.5. The van der Waals surface area contributed by atoms with E-state index in [0.29, 0.717) is 0 Å². The molecule has 0 fully saturated rings. The average molecular weight is 1070 g/mol. The van der Waals surface area contributed by atoms with Crippen LogP contribution in [-0.2, 0) is 43.3 Å². The summed E-state index contributed by atoms with van der Waals surface area (Å²) in [6, 6.07) is 65.0. The number of fused-ring (bicyclic) bond motifs is 6. The summed E-state index contributed by atoms with van der Waals surface area (Å²) >= 11 is 0. The highest BCUT2D eigenvalue weighted by Crippen LogP contribution is 2.54. The van der Waals surface area contributed by atoms with E-state index in [2.05, 4.69) is 298 Å². The molecule has 12 rings (SSSR count). The lowest BCUT2D eigenvalue weighted by Crippen LogP contribution is -2.62. The van der Waals surface area contributed by atoms with E-state index in [0.717, 1.165) is 19.3 Å². The Morgan fingerprint density at radius 2 is 0.778 bits per heavy atom. The van der Waals surface area contributed by atoms with E-state index in [-0.39, 0.29) is 50.0 Å². The van der Waals surface area contributed by atoms with Gasteiger partial charge >= 0.3 is 0 Å². The third-order valence-electron chi connectivity index (χ3n) is 20.7. The van der Waals surface area contributed by atoms with Crippen LogP contribution in [-0.4, -0.2) is 6.71 Å². The van der Waals surface area contributed by atoms with Crippen LogP contribution >= 0.6 is 0 Å². The standard InChI is InChI=1S/C78H89BN2/c1-71(2,3)51-31-29-50(30-32-51)58-43-54(77(15,16)52-25-21-19-22-26-52)33-37-65(58)81-66-38-34-55(78(17,18)53-27-23-20-24-28-53)44-63(66)79-64-48-61-62(76(13,14)42-41-75(61,11)12)49-67(64)80(68-45-56(72(4,5)6)46-69(81)70(68)79)57-35-36-59-60(47-57)74(9,10)40-39-73(59,7)8/h19-38,43-49H,39-42H2,1-18H3. The Kier molecular flexibility index (Phi) is 12.5. The Bertz CT molecular complexity index is 3780. The van der Waals surface area contributed by atoms with Gasteiger partial charge in [0.15, 0.2) is 0 Å². The molecule has 2 aliphatic heterocycles. The average Bonchev–Trinajstić information content (AvgIpc) is 3.45. The lowest BCUT2D eigenvalue weighted by atomic mass is 9.32. The lowest BCUT2D eigenvalue weighted by molar-refractivity contribution is 0.332. The summed E-state index contributed by atoms with van der Waals surface area (Å²) in [6.45, 7) is 43.7. The van der Waals surface area contributed by atoms with Crippen LogP contribution in [0.3, 0.4) is 0 Å². The first kappa shape index (κ1) is 55.0. The number of benzene rings is 8. The Morgan fingerprint density at radius 1 is 0.333 bits per heavy atom. The Hall–Kier alpha value is -6.58. The molecule has 0 bridgehead atoms. The first-order chi connectivity index (χ1) is 37.9. The number of nitrogens with zero attached hydrogens (tertiary/aromatic N) is 2. The van der Waals surface area contributed by atoms with Crippen LogP contribution < -0.4 is 26.2 Å². The summed E-state index contributed by atoms with van der Waals surface area (Å²) in [5.74, 6) is 0. The summed E-state index contributed by atoms with van der Waals surface area (Å²) in [5, 5.41) is 0. The fraction of sp³-hybridized carbons (Fsp3) is 0.385. The summed E-state index contributed by atoms with van der Waals surface area (Å²) < 4.78 is 0. The molecule has 81 heavy (non-hydrogen) atoms. The summed E-state index contributed by atoms with van der Waals surface area (Å²) in [6.07, 6.45) is 4.66. The van der Waals surface area contributed by atoms with Gasteiger partial charge in [0.2, 0.25) is 0 Å². The van der Waals surface area contributed by atoms with Crippen LogP contribution in [0.4, 0.5) is 34.1 Å². The fourth-order valence-corrected chi connectivity index (χ4v) is 14.7. The molecule has 0 amide bonds. The molecule has 414 valence electrons. The zero-order valence-electron chi connectivity index (χ0n) is 52.4. The lowest BCUT2D eigenvalue weighted by Gasteiger charge is -2.48. The zero-order chi connectivity index (χ0) is 57.8. The van der Waals surface area contributed by atoms with Crippen LogP contribution in [0.15, 0.2) is 164 Å². The third-order valence-corrected chi connectivity index (χ3v) is 20.7. The van der Waals surface area contributed by atoms with E-state index in [1.54, 1.807) is 0 Å². The maximum atomic E-state index is 2.74. The molecular formula is C78H89BN2. The molecule has 3 heteroatoms. The van der Waals surface area contributed by atoms with Gasteiger partial charge in [0, 0.05) is 44.8 Å². The van der Waals surface area contributed by atoms with Crippen molar-refractivity contribution < 1.29 is 0 Å². The second-order valence-corrected chi connectivity index (χ2v) is 30.8. The molecule has 4 aliphatic rings. The topological polar surface area (TPSA) is 6.48 Å². The molecule has 8 aromatic rings. The van der Waals surface area contributed by atoms with Gasteiger partial charge in [0.05, 0.1) is 5.69 Å². The van der Waals surface area contributed by atoms with E-state index < -0.39 is 0 Å². The number of anilines is 6. The van der Waals surface area contributed by atoms with Crippen LogP contribution in [0.2, 0.25) is 0 Å². The normalized spacial score (nSPS) is 17.6. The molecule has 0 unspecified atom stereocenters. The molecule has 0 radical (unpaired) electrons. The molecule has 0 saturated carbocycles. The van der Waals surface area contributed by atoms with Gasteiger partial charge in [-0.2, -0.15) is 0 Å². The summed E-state index contributed by atoms with van der Waals surface area (Å²) in [5.41, 5.74) is 27.6. The number of hydrogen-bond acceptors (Lipinski definition) is 2. The number of hydrogen-bond donors (Lipinski definition) is 0. The molecule has 0 N–H and O–H groups in total. The molecule has 2 aliphatic carbocycles. The van der Waals surface area contributed by atoms with Gasteiger partial charge < -0.3 is 9.80 Å². The molecular weight excluding hydrogens is 976 g/mol. The minimum Gasteiger partial charge on any atom is -0.311 e. The van der Waals surface area contributed by atoms with Crippen molar-refractivity contribution >= 4 is 57.2 Å². The smallest absolute Gasteiger partial charge is 0.252 e. The highest BCUT2D eigenvalue weighted by molar-refractivity contribution is 7.00. The second-order valence-electron chi connectivity index (χ2n) is 30.8. The summed E-state index contributed by atoms with van der Waals surface area (Å²) in [7, 11) is 0. The highest BCUT2D eigenvalue weighted by Gasteiger charge is 2.48. The SMILES string of the molecule is CC(C)(C)c1ccc(-c2cc(C(C)(C)c3ccccc3)ccc2N2c3ccc(C(C)(C)c4ccccc4)cc3B3c4cc5c(cc4N(c4ccc6c(c4)C(C)(C)CCC6(C)C)c4cc(C(C)(C)C)cc2c43)C(C)(C)CCC5(C)C)cc1.